The van der Waals surface area contributed by atoms with E-state index in [0.717, 1.165) is 0 Å². The summed E-state index contributed by atoms with van der Waals surface area (Å²) in [7, 11) is 0. The second kappa shape index (κ2) is 30.6. The van der Waals surface area contributed by atoms with Crippen LogP contribution in [0.15, 0.2) is 59.6 Å². The van der Waals surface area contributed by atoms with E-state index in [2.05, 4.69) is 67.5 Å². The first-order valence-corrected chi connectivity index (χ1v) is 24.6. The van der Waals surface area contributed by atoms with Gasteiger partial charge in [0.05, 0.1) is 13.0 Å². The van der Waals surface area contributed by atoms with E-state index in [-0.39, 0.29) is 81.3 Å². The van der Waals surface area contributed by atoms with E-state index < -0.39 is 114 Å². The number of carbonyl (C=O) groups excluding carboxylic acids is 10. The van der Waals surface area contributed by atoms with E-state index in [9.17, 15) is 53.1 Å². The molecule has 10 amide bonds. The molecule has 0 aliphatic carbocycles. The third-order valence-electron chi connectivity index (χ3n) is 11.2. The molecular weight excluding hydrogens is 975 g/mol. The van der Waals surface area contributed by atoms with Gasteiger partial charge in [0.25, 0.3) is 0 Å². The third kappa shape index (κ3) is 20.3. The molecule has 24 nitrogen and oxygen atoms in total. The molecule has 394 valence electrons. The van der Waals surface area contributed by atoms with Crippen LogP contribution in [-0.4, -0.2) is 148 Å². The molecule has 3 rings (SSSR count). The highest BCUT2D eigenvalue weighted by molar-refractivity contribution is 7.80. The molecule has 7 atom stereocenters. The van der Waals surface area contributed by atoms with Crippen LogP contribution in [0.5, 0.6) is 5.75 Å². The minimum Gasteiger partial charge on any atom is -0.508 e. The lowest BCUT2D eigenvalue weighted by molar-refractivity contribution is -0.142. The smallest absolute Gasteiger partial charge is 0.246 e. The Labute approximate surface area is 427 Å². The maximum atomic E-state index is 14.2. The summed E-state index contributed by atoms with van der Waals surface area (Å²) in [5.74, 6) is -8.17. The van der Waals surface area contributed by atoms with Gasteiger partial charge < -0.3 is 70.2 Å². The molecule has 0 saturated carbocycles. The van der Waals surface area contributed by atoms with Crippen LogP contribution in [0.3, 0.4) is 0 Å². The molecule has 16 N–H and O–H groups in total. The summed E-state index contributed by atoms with van der Waals surface area (Å²) in [5, 5.41) is 27.8. The number of hydrogen-bond acceptors (Lipinski definition) is 14. The molecular formula is C46H67N13O11S2. The minimum absolute atomic E-state index is 0.00132. The number of amides is 10. The molecule has 1 aliphatic rings. The Bertz CT molecular complexity index is 2240. The molecule has 0 aromatic heterocycles. The van der Waals surface area contributed by atoms with Gasteiger partial charge in [-0.05, 0) is 61.1 Å². The standard InChI is InChI=1S/C46H67N13O11S2/c1-2-8-29(54-42(67)32(21-26-9-4-3-5-10-26)56-41(66)31(53-38(63)17-20-71)22-27-13-15-28(60)16-14-27)40(65)57-33(23-36(47)61)43(68)58-34(25-72)45(70)59-19-7-12-35(59)44(69)55-30(11-6-18-51-46(49)50)39(64)52-24-37(48)62/h3-5,9-10,13-16,29-35,60,71-72H,2,6-8,11-12,17-25H2,1H3,(H2,47,61)(H2,48,62)(H,52,64)(H,53,63)(H,54,67)(H,55,69)(H,56,66)(H,57,65)(H,58,68)(H4,49,50,51)/t29-,30-,31-,32-,33-,34-,35-/m0/s1. The van der Waals surface area contributed by atoms with E-state index in [0.29, 0.717) is 24.0 Å². The summed E-state index contributed by atoms with van der Waals surface area (Å²) in [6.07, 6.45) is 0.423. The Morgan fingerprint density at radius 1 is 0.681 bits per heavy atom. The Hall–Kier alpha value is -7.09. The zero-order valence-electron chi connectivity index (χ0n) is 40.0. The summed E-state index contributed by atoms with van der Waals surface area (Å²) in [4.78, 5) is 138. The first-order valence-electron chi connectivity index (χ1n) is 23.3. The minimum atomic E-state index is -1.67. The van der Waals surface area contributed by atoms with Crippen molar-refractivity contribution < 1.29 is 53.1 Å². The van der Waals surface area contributed by atoms with Gasteiger partial charge in [0.15, 0.2) is 5.96 Å². The average Bonchev–Trinajstić information content (AvgIpc) is 3.83. The molecule has 0 spiro atoms. The molecule has 0 unspecified atom stereocenters. The highest BCUT2D eigenvalue weighted by Crippen LogP contribution is 2.20. The van der Waals surface area contributed by atoms with Crippen molar-refractivity contribution in [2.45, 2.75) is 113 Å². The van der Waals surface area contributed by atoms with Crippen LogP contribution in [0.25, 0.3) is 0 Å². The SMILES string of the molecule is CCC[C@H](NC(=O)[C@H](Cc1ccccc1)NC(=O)[C@H](Cc1ccc(O)cc1)NC(=O)CCS)C(=O)N[C@@H](CC(N)=O)C(=O)N[C@@H](CS)C(=O)N1CCC[C@H]1C(=O)N[C@@H](CCCN=C(N)N)C(=O)NCC(N)=O. The first-order chi connectivity index (χ1) is 34.3. The zero-order chi connectivity index (χ0) is 53.3. The molecule has 0 radical (unpaired) electrons. The van der Waals surface area contributed by atoms with Crippen LogP contribution < -0.4 is 60.2 Å². The Kier molecular flexibility index (Phi) is 25.2. The summed E-state index contributed by atoms with van der Waals surface area (Å²) in [5.41, 5.74) is 22.7. The second-order valence-electron chi connectivity index (χ2n) is 16.9. The zero-order valence-corrected chi connectivity index (χ0v) is 41.8. The number of nitrogens with zero attached hydrogens (tertiary/aromatic N) is 2. The van der Waals surface area contributed by atoms with E-state index in [1.165, 1.54) is 17.0 Å². The second-order valence-corrected chi connectivity index (χ2v) is 17.7. The van der Waals surface area contributed by atoms with Crippen molar-refractivity contribution in [3.05, 3.63) is 65.7 Å². The van der Waals surface area contributed by atoms with Gasteiger partial charge >= 0.3 is 0 Å². The summed E-state index contributed by atoms with van der Waals surface area (Å²) in [6, 6.07) is 5.55. The third-order valence-corrected chi connectivity index (χ3v) is 11.8. The molecule has 1 aliphatic heterocycles. The fourth-order valence-electron chi connectivity index (χ4n) is 7.59. The van der Waals surface area contributed by atoms with E-state index >= 15 is 0 Å². The van der Waals surface area contributed by atoms with Gasteiger partial charge in [-0.3, -0.25) is 52.9 Å². The number of rotatable bonds is 30. The number of phenols is 1. The molecule has 2 aromatic carbocycles. The monoisotopic (exact) mass is 1040 g/mol. The van der Waals surface area contributed by atoms with Crippen molar-refractivity contribution in [1.29, 1.82) is 0 Å². The number of nitrogens with one attached hydrogen (secondary N) is 7. The number of primary amides is 2. The number of benzene rings is 2. The summed E-state index contributed by atoms with van der Waals surface area (Å²) < 4.78 is 0. The predicted molar refractivity (Wildman–Crippen MR) is 271 cm³/mol. The largest absolute Gasteiger partial charge is 0.508 e. The summed E-state index contributed by atoms with van der Waals surface area (Å²) in [6.45, 7) is 1.44. The van der Waals surface area contributed by atoms with E-state index in [4.69, 9.17) is 22.9 Å². The molecule has 72 heavy (non-hydrogen) atoms. The lowest BCUT2D eigenvalue weighted by Crippen LogP contribution is -2.61. The maximum absolute atomic E-state index is 14.2. The van der Waals surface area contributed by atoms with Gasteiger partial charge in [-0.2, -0.15) is 25.3 Å². The normalized spacial score (nSPS) is 15.4. The molecule has 0 bridgehead atoms. The molecule has 1 saturated heterocycles. The Balaban J connectivity index is 1.80. The van der Waals surface area contributed by atoms with Crippen LogP contribution >= 0.6 is 25.3 Å². The number of thiol groups is 2. The van der Waals surface area contributed by atoms with E-state index in [1.54, 1.807) is 49.4 Å². The van der Waals surface area contributed by atoms with Gasteiger partial charge in [-0.1, -0.05) is 55.8 Å². The number of carbonyl (C=O) groups is 10. The van der Waals surface area contributed by atoms with Gasteiger partial charge in [-0.15, -0.1) is 0 Å². The van der Waals surface area contributed by atoms with Crippen LogP contribution in [0.4, 0.5) is 0 Å². The van der Waals surface area contributed by atoms with Gasteiger partial charge in [-0.25, -0.2) is 0 Å². The number of aliphatic imine (C=N–C) groups is 1. The maximum Gasteiger partial charge on any atom is 0.246 e. The van der Waals surface area contributed by atoms with Gasteiger partial charge in [0.2, 0.25) is 59.1 Å². The van der Waals surface area contributed by atoms with Crippen molar-refractivity contribution >= 4 is 90.3 Å². The van der Waals surface area contributed by atoms with Crippen molar-refractivity contribution in [3.63, 3.8) is 0 Å². The fourth-order valence-corrected chi connectivity index (χ4v) is 8.04. The van der Waals surface area contributed by atoms with E-state index in [1.807, 2.05) is 0 Å². The highest BCUT2D eigenvalue weighted by Gasteiger charge is 2.40. The Morgan fingerprint density at radius 3 is 1.82 bits per heavy atom. The fraction of sp³-hybridized carbons (Fsp3) is 0.500. The lowest BCUT2D eigenvalue weighted by atomic mass is 10.0. The highest BCUT2D eigenvalue weighted by atomic mass is 32.1. The quantitative estimate of drug-likeness (QED) is 0.0158. The molecule has 2 aromatic rings. The Morgan fingerprint density at radius 2 is 1.24 bits per heavy atom. The van der Waals surface area contributed by atoms with Crippen LogP contribution in [0.1, 0.15) is 69.4 Å². The molecule has 1 heterocycles. The number of likely N-dealkylation sites (tertiary alicyclic amines) is 1. The number of nitrogens with two attached hydrogens (primary N) is 4. The van der Waals surface area contributed by atoms with Crippen LogP contribution in [0.2, 0.25) is 0 Å². The summed E-state index contributed by atoms with van der Waals surface area (Å²) >= 11 is 8.37. The van der Waals surface area contributed by atoms with Crippen LogP contribution in [-0.2, 0) is 60.8 Å². The number of aromatic hydroxyl groups is 1. The van der Waals surface area contributed by atoms with Crippen molar-refractivity contribution in [3.8, 4) is 5.75 Å². The van der Waals surface area contributed by atoms with Gasteiger partial charge in [0.1, 0.15) is 48.0 Å². The predicted octanol–water partition coefficient (Wildman–Crippen LogP) is -3.34. The first kappa shape index (κ1) is 59.2. The lowest BCUT2D eigenvalue weighted by Gasteiger charge is -2.30. The van der Waals surface area contributed by atoms with Crippen molar-refractivity contribution in [2.24, 2.45) is 27.9 Å². The number of guanidine groups is 1. The van der Waals surface area contributed by atoms with Crippen molar-refractivity contribution in [1.82, 2.24) is 42.1 Å². The molecule has 26 heteroatoms. The van der Waals surface area contributed by atoms with Crippen LogP contribution in [0, 0.1) is 0 Å². The average molecular weight is 1040 g/mol. The number of phenolic OH excluding ortho intramolecular Hbond substituents is 1. The topological polar surface area (TPSA) is 395 Å². The molecule has 1 fully saturated rings. The van der Waals surface area contributed by atoms with Gasteiger partial charge in [0, 0.05) is 38.1 Å². The number of hydrogen-bond donors (Lipinski definition) is 14. The van der Waals surface area contributed by atoms with Crippen molar-refractivity contribution in [2.75, 3.05) is 31.1 Å².